The van der Waals surface area contributed by atoms with Crippen LogP contribution in [0.4, 0.5) is 0 Å². The second-order valence-electron chi connectivity index (χ2n) is 4.16. The van der Waals surface area contributed by atoms with Crippen molar-refractivity contribution in [2.75, 3.05) is 7.05 Å². The Balaban J connectivity index is 2.15. The number of aromatic nitrogens is 1. The molecule has 2 aromatic heterocycles. The Hall–Kier alpha value is -1.71. The van der Waals surface area contributed by atoms with Crippen molar-refractivity contribution in [1.82, 2.24) is 10.3 Å². The normalized spacial score (nSPS) is 12.7. The Kier molecular flexibility index (Phi) is 3.09. The fourth-order valence-corrected chi connectivity index (χ4v) is 3.20. The maximum atomic E-state index is 4.46. The molecule has 0 aliphatic carbocycles. The Labute approximate surface area is 110 Å². The molecule has 0 radical (unpaired) electrons. The van der Waals surface area contributed by atoms with Crippen LogP contribution in [-0.2, 0) is 0 Å². The molecule has 3 aromatic rings. The van der Waals surface area contributed by atoms with E-state index in [-0.39, 0.29) is 6.04 Å². The zero-order valence-corrected chi connectivity index (χ0v) is 10.9. The predicted molar refractivity (Wildman–Crippen MR) is 77.0 cm³/mol. The standard InChI is InChI=1S/C15H14N2S/c1-16-14(13-7-2-3-9-17-13)12-6-4-5-11-8-10-18-15(11)12/h2-10,14,16H,1H3. The van der Waals surface area contributed by atoms with Crippen LogP contribution in [0.15, 0.2) is 54.0 Å². The number of nitrogens with zero attached hydrogens (tertiary/aromatic N) is 1. The maximum absolute atomic E-state index is 4.46. The van der Waals surface area contributed by atoms with Crippen LogP contribution in [0, 0.1) is 0 Å². The lowest BCUT2D eigenvalue weighted by atomic mass is 10.0. The minimum Gasteiger partial charge on any atom is -0.308 e. The van der Waals surface area contributed by atoms with Crippen molar-refractivity contribution in [3.8, 4) is 0 Å². The van der Waals surface area contributed by atoms with Gasteiger partial charge in [-0.3, -0.25) is 4.98 Å². The van der Waals surface area contributed by atoms with E-state index in [4.69, 9.17) is 0 Å². The first-order chi connectivity index (χ1) is 8.90. The van der Waals surface area contributed by atoms with E-state index in [1.165, 1.54) is 15.6 Å². The van der Waals surface area contributed by atoms with Crippen LogP contribution in [0.3, 0.4) is 0 Å². The highest BCUT2D eigenvalue weighted by atomic mass is 32.1. The van der Waals surface area contributed by atoms with Gasteiger partial charge in [0.1, 0.15) is 0 Å². The monoisotopic (exact) mass is 254 g/mol. The van der Waals surface area contributed by atoms with Gasteiger partial charge >= 0.3 is 0 Å². The minimum absolute atomic E-state index is 0.147. The van der Waals surface area contributed by atoms with E-state index in [2.05, 4.69) is 46.0 Å². The van der Waals surface area contributed by atoms with Crippen LogP contribution >= 0.6 is 11.3 Å². The Morgan fingerprint density at radius 3 is 2.83 bits per heavy atom. The SMILES string of the molecule is CNC(c1ccccn1)c1cccc2ccsc12. The van der Waals surface area contributed by atoms with E-state index in [0.717, 1.165) is 5.69 Å². The molecule has 0 fully saturated rings. The van der Waals surface area contributed by atoms with Gasteiger partial charge in [0, 0.05) is 10.9 Å². The van der Waals surface area contributed by atoms with E-state index in [0.29, 0.717) is 0 Å². The number of hydrogen-bond acceptors (Lipinski definition) is 3. The van der Waals surface area contributed by atoms with E-state index in [1.54, 1.807) is 11.3 Å². The first kappa shape index (κ1) is 11.4. The summed E-state index contributed by atoms with van der Waals surface area (Å²) in [5, 5.41) is 6.80. The van der Waals surface area contributed by atoms with Crippen LogP contribution in [-0.4, -0.2) is 12.0 Å². The van der Waals surface area contributed by atoms with Crippen LogP contribution in [0.1, 0.15) is 17.3 Å². The average Bonchev–Trinajstić information content (AvgIpc) is 2.90. The lowest BCUT2D eigenvalue weighted by Crippen LogP contribution is -2.18. The summed E-state index contributed by atoms with van der Waals surface area (Å²) in [5.74, 6) is 0. The lowest BCUT2D eigenvalue weighted by molar-refractivity contribution is 0.676. The van der Waals surface area contributed by atoms with Gasteiger partial charge in [-0.25, -0.2) is 0 Å². The molecule has 0 spiro atoms. The van der Waals surface area contributed by atoms with Gasteiger partial charge < -0.3 is 5.32 Å². The van der Waals surface area contributed by atoms with Gasteiger partial charge in [-0.2, -0.15) is 0 Å². The highest BCUT2D eigenvalue weighted by Gasteiger charge is 2.15. The molecule has 1 N–H and O–H groups in total. The van der Waals surface area contributed by atoms with Gasteiger partial charge in [-0.05, 0) is 41.6 Å². The summed E-state index contributed by atoms with van der Waals surface area (Å²) in [6, 6.07) is 14.8. The molecule has 1 aromatic carbocycles. The van der Waals surface area contributed by atoms with Gasteiger partial charge in [-0.15, -0.1) is 11.3 Å². The van der Waals surface area contributed by atoms with Gasteiger partial charge in [0.15, 0.2) is 0 Å². The van der Waals surface area contributed by atoms with E-state index in [9.17, 15) is 0 Å². The summed E-state index contributed by atoms with van der Waals surface area (Å²) in [4.78, 5) is 4.46. The number of benzene rings is 1. The second kappa shape index (κ2) is 4.88. The third-order valence-corrected chi connectivity index (χ3v) is 4.07. The van der Waals surface area contributed by atoms with Gasteiger partial charge in [0.25, 0.3) is 0 Å². The van der Waals surface area contributed by atoms with Crippen molar-refractivity contribution in [1.29, 1.82) is 0 Å². The van der Waals surface area contributed by atoms with Gasteiger partial charge in [0.05, 0.1) is 11.7 Å². The molecule has 2 nitrogen and oxygen atoms in total. The maximum Gasteiger partial charge on any atom is 0.0762 e. The first-order valence-electron chi connectivity index (χ1n) is 5.94. The third kappa shape index (κ3) is 1.92. The Morgan fingerprint density at radius 1 is 1.11 bits per heavy atom. The molecule has 90 valence electrons. The summed E-state index contributed by atoms with van der Waals surface area (Å²) in [7, 11) is 1.98. The average molecular weight is 254 g/mol. The molecule has 2 heterocycles. The Bertz CT molecular complexity index is 646. The molecule has 0 aliphatic rings. The fraction of sp³-hybridized carbons (Fsp3) is 0.133. The quantitative estimate of drug-likeness (QED) is 0.772. The number of nitrogens with one attached hydrogen (secondary N) is 1. The number of rotatable bonds is 3. The molecule has 1 atom stereocenters. The first-order valence-corrected chi connectivity index (χ1v) is 6.82. The van der Waals surface area contributed by atoms with Crippen molar-refractivity contribution >= 4 is 21.4 Å². The molecule has 0 bridgehead atoms. The third-order valence-electron chi connectivity index (χ3n) is 3.09. The number of fused-ring (bicyclic) bond motifs is 1. The van der Waals surface area contributed by atoms with E-state index < -0.39 is 0 Å². The van der Waals surface area contributed by atoms with Crippen molar-refractivity contribution in [2.24, 2.45) is 0 Å². The molecule has 3 heteroatoms. The highest BCUT2D eigenvalue weighted by molar-refractivity contribution is 7.17. The van der Waals surface area contributed by atoms with Crippen LogP contribution in [0.25, 0.3) is 10.1 Å². The van der Waals surface area contributed by atoms with Gasteiger partial charge in [0.2, 0.25) is 0 Å². The molecule has 1 unspecified atom stereocenters. The molecule has 18 heavy (non-hydrogen) atoms. The zero-order chi connectivity index (χ0) is 12.4. The Morgan fingerprint density at radius 2 is 2.06 bits per heavy atom. The minimum atomic E-state index is 0.147. The fourth-order valence-electron chi connectivity index (χ4n) is 2.25. The molecule has 3 rings (SSSR count). The topological polar surface area (TPSA) is 24.9 Å². The molecular formula is C15H14N2S. The molecule has 0 saturated carbocycles. The molecular weight excluding hydrogens is 240 g/mol. The highest BCUT2D eigenvalue weighted by Crippen LogP contribution is 2.31. The molecule has 0 amide bonds. The summed E-state index contributed by atoms with van der Waals surface area (Å²) in [5.41, 5.74) is 2.35. The van der Waals surface area contributed by atoms with Gasteiger partial charge in [-0.1, -0.05) is 24.3 Å². The number of thiophene rings is 1. The predicted octanol–water partition coefficient (Wildman–Crippen LogP) is 3.61. The van der Waals surface area contributed by atoms with E-state index in [1.807, 2.05) is 25.4 Å². The summed E-state index contributed by atoms with van der Waals surface area (Å²) in [6.45, 7) is 0. The second-order valence-corrected chi connectivity index (χ2v) is 5.08. The van der Waals surface area contributed by atoms with Crippen molar-refractivity contribution in [2.45, 2.75) is 6.04 Å². The smallest absolute Gasteiger partial charge is 0.0762 e. The largest absolute Gasteiger partial charge is 0.308 e. The summed E-state index contributed by atoms with van der Waals surface area (Å²) >= 11 is 1.78. The lowest BCUT2D eigenvalue weighted by Gasteiger charge is -2.16. The van der Waals surface area contributed by atoms with Crippen molar-refractivity contribution in [3.63, 3.8) is 0 Å². The molecule has 0 aliphatic heterocycles. The van der Waals surface area contributed by atoms with Crippen molar-refractivity contribution in [3.05, 3.63) is 65.3 Å². The number of pyridine rings is 1. The molecule has 0 saturated heterocycles. The van der Waals surface area contributed by atoms with Crippen molar-refractivity contribution < 1.29 is 0 Å². The van der Waals surface area contributed by atoms with Crippen LogP contribution < -0.4 is 5.32 Å². The summed E-state index contributed by atoms with van der Waals surface area (Å²) in [6.07, 6.45) is 1.84. The zero-order valence-electron chi connectivity index (χ0n) is 10.1. The van der Waals surface area contributed by atoms with E-state index >= 15 is 0 Å². The van der Waals surface area contributed by atoms with Crippen LogP contribution in [0.5, 0.6) is 0 Å². The summed E-state index contributed by atoms with van der Waals surface area (Å²) < 4.78 is 1.34. The number of hydrogen-bond donors (Lipinski definition) is 1. The van der Waals surface area contributed by atoms with Crippen LogP contribution in [0.2, 0.25) is 0 Å².